The summed E-state index contributed by atoms with van der Waals surface area (Å²) in [6, 6.07) is 6.75. The fraction of sp³-hybridized carbons (Fsp3) is 0.417. The summed E-state index contributed by atoms with van der Waals surface area (Å²) in [5.41, 5.74) is 3.73. The molecule has 1 fully saturated rings. The molecule has 21 heavy (non-hydrogen) atoms. The molecule has 0 spiro atoms. The van der Waals surface area contributed by atoms with Crippen LogP contribution in [0.2, 0.25) is 5.02 Å². The minimum absolute atomic E-state index is 0.147. The maximum Gasteiger partial charge on any atom is 0.350 e. The van der Waals surface area contributed by atoms with Crippen LogP contribution in [0.1, 0.15) is 13.8 Å². The van der Waals surface area contributed by atoms with E-state index in [4.69, 9.17) is 46.4 Å². The van der Waals surface area contributed by atoms with E-state index in [1.807, 2.05) is 19.9 Å². The van der Waals surface area contributed by atoms with E-state index >= 15 is 0 Å². The van der Waals surface area contributed by atoms with E-state index in [0.29, 0.717) is 10.7 Å². The summed E-state index contributed by atoms with van der Waals surface area (Å²) in [7, 11) is 0. The quantitative estimate of drug-likeness (QED) is 0.581. The van der Waals surface area contributed by atoms with Crippen molar-refractivity contribution in [3.8, 4) is 0 Å². The zero-order valence-electron chi connectivity index (χ0n) is 11.2. The molecule has 0 radical (unpaired) electrons. The van der Waals surface area contributed by atoms with Crippen LogP contribution in [-0.4, -0.2) is 19.7 Å². The lowest BCUT2D eigenvalue weighted by atomic mass is 10.1. The van der Waals surface area contributed by atoms with E-state index in [0.717, 1.165) is 11.9 Å². The molecule has 0 aliphatic carbocycles. The summed E-state index contributed by atoms with van der Waals surface area (Å²) >= 11 is 24.0. The average Bonchev–Trinajstić information content (AvgIpc) is 2.65. The first-order valence-electron chi connectivity index (χ1n) is 6.10. The van der Waals surface area contributed by atoms with E-state index in [1.165, 1.54) is 4.41 Å². The molecule has 1 aromatic rings. The van der Waals surface area contributed by atoms with Crippen molar-refractivity contribution < 1.29 is 4.79 Å². The van der Waals surface area contributed by atoms with Crippen molar-refractivity contribution in [1.82, 2.24) is 9.84 Å². The Balaban J connectivity index is 2.31. The number of carbonyl (C=O) groups is 1. The maximum absolute atomic E-state index is 12.6. The Kier molecular flexibility index (Phi) is 5.45. The Morgan fingerprint density at radius 1 is 1.33 bits per heavy atom. The number of nitrogens with one attached hydrogen (secondary N) is 1. The summed E-state index contributed by atoms with van der Waals surface area (Å²) in [4.78, 5) is 14.2. The number of alkyl halides is 3. The Morgan fingerprint density at radius 3 is 2.52 bits per heavy atom. The number of benzene rings is 1. The molecular weight excluding hydrogens is 376 g/mol. The van der Waals surface area contributed by atoms with Crippen LogP contribution in [0.15, 0.2) is 24.3 Å². The lowest BCUT2D eigenvalue weighted by Crippen LogP contribution is -2.41. The van der Waals surface area contributed by atoms with Crippen molar-refractivity contribution in [2.75, 3.05) is 4.90 Å². The molecule has 1 atom stereocenters. The van der Waals surface area contributed by atoms with E-state index in [1.54, 1.807) is 23.1 Å². The van der Waals surface area contributed by atoms with Crippen molar-refractivity contribution in [3.05, 3.63) is 29.3 Å². The lowest BCUT2D eigenvalue weighted by Gasteiger charge is -2.25. The monoisotopic (exact) mass is 387 g/mol. The number of hydrazine groups is 1. The number of anilines is 1. The number of urea groups is 1. The molecule has 0 aromatic heterocycles. The van der Waals surface area contributed by atoms with Crippen LogP contribution in [0.4, 0.5) is 10.5 Å². The van der Waals surface area contributed by atoms with Gasteiger partial charge in [0.05, 0.1) is 0 Å². The van der Waals surface area contributed by atoms with Gasteiger partial charge in [-0.3, -0.25) is 4.90 Å². The highest BCUT2D eigenvalue weighted by Crippen LogP contribution is 2.43. The van der Waals surface area contributed by atoms with Gasteiger partial charge in [0.25, 0.3) is 3.12 Å². The summed E-state index contributed by atoms with van der Waals surface area (Å²) in [5, 5.41) is 0.551. The number of halogens is 4. The van der Waals surface area contributed by atoms with Gasteiger partial charge in [-0.1, -0.05) is 66.3 Å². The van der Waals surface area contributed by atoms with Crippen LogP contribution in [0.5, 0.6) is 0 Å². The van der Waals surface area contributed by atoms with Crippen LogP contribution in [-0.2, 0) is 0 Å². The average molecular weight is 389 g/mol. The second-order valence-corrected chi connectivity index (χ2v) is 9.33. The lowest BCUT2D eigenvalue weighted by molar-refractivity contribution is 0.235. The van der Waals surface area contributed by atoms with Crippen molar-refractivity contribution in [3.63, 3.8) is 0 Å². The molecule has 0 bridgehead atoms. The molecule has 116 valence electrons. The molecule has 4 nitrogen and oxygen atoms in total. The van der Waals surface area contributed by atoms with E-state index in [9.17, 15) is 4.79 Å². The second-order valence-electron chi connectivity index (χ2n) is 4.78. The first-order valence-corrected chi connectivity index (χ1v) is 8.38. The van der Waals surface area contributed by atoms with Gasteiger partial charge in [-0.2, -0.15) is 9.84 Å². The van der Waals surface area contributed by atoms with E-state index in [2.05, 4.69) is 5.43 Å². The van der Waals surface area contributed by atoms with Crippen molar-refractivity contribution in [1.29, 1.82) is 0 Å². The van der Waals surface area contributed by atoms with E-state index < -0.39 is 3.12 Å². The van der Waals surface area contributed by atoms with Gasteiger partial charge in [0.2, 0.25) is 0 Å². The molecule has 1 saturated heterocycles. The highest BCUT2D eigenvalue weighted by Gasteiger charge is 2.43. The number of rotatable bonds is 3. The third-order valence-electron chi connectivity index (χ3n) is 2.82. The van der Waals surface area contributed by atoms with Crippen LogP contribution >= 0.6 is 58.4 Å². The summed E-state index contributed by atoms with van der Waals surface area (Å²) in [5.74, 6) is 0.147. The topological polar surface area (TPSA) is 35.6 Å². The number of hydrogen-bond donors (Lipinski definition) is 1. The maximum atomic E-state index is 12.6. The first kappa shape index (κ1) is 17.3. The highest BCUT2D eigenvalue weighted by molar-refractivity contribution is 8.03. The number of amides is 2. The normalized spacial score (nSPS) is 19.8. The smallest absolute Gasteiger partial charge is 0.274 e. The molecule has 2 rings (SSSR count). The van der Waals surface area contributed by atoms with Crippen LogP contribution < -0.4 is 10.3 Å². The van der Waals surface area contributed by atoms with Crippen LogP contribution in [0.3, 0.4) is 0 Å². The van der Waals surface area contributed by atoms with Gasteiger partial charge < -0.3 is 0 Å². The van der Waals surface area contributed by atoms with Gasteiger partial charge in [-0.05, 0) is 24.1 Å². The van der Waals surface area contributed by atoms with E-state index in [-0.39, 0.29) is 18.1 Å². The number of nitrogens with zero attached hydrogens (tertiary/aromatic N) is 2. The van der Waals surface area contributed by atoms with Gasteiger partial charge in [-0.15, -0.1) is 0 Å². The Morgan fingerprint density at radius 2 is 2.00 bits per heavy atom. The third kappa shape index (κ3) is 4.24. The van der Waals surface area contributed by atoms with Crippen LogP contribution in [0, 0.1) is 5.92 Å². The molecule has 1 aliphatic heterocycles. The van der Waals surface area contributed by atoms with Crippen molar-refractivity contribution >= 4 is 70.1 Å². The molecule has 1 aromatic carbocycles. The van der Waals surface area contributed by atoms with Gasteiger partial charge in [-0.25, -0.2) is 4.79 Å². The first-order chi connectivity index (χ1) is 9.69. The molecule has 2 amide bonds. The van der Waals surface area contributed by atoms with Crippen molar-refractivity contribution in [2.24, 2.45) is 5.92 Å². The summed E-state index contributed by atoms with van der Waals surface area (Å²) < 4.78 is -0.396. The van der Waals surface area contributed by atoms with Gasteiger partial charge in [0.1, 0.15) is 6.17 Å². The minimum Gasteiger partial charge on any atom is -0.274 e. The second kappa shape index (κ2) is 6.60. The predicted molar refractivity (Wildman–Crippen MR) is 90.8 cm³/mol. The third-order valence-corrected chi connectivity index (χ3v) is 4.33. The zero-order chi connectivity index (χ0) is 15.8. The Labute approximate surface area is 147 Å². The number of carbonyl (C=O) groups excluding carboxylic acids is 1. The molecular formula is C12H13Cl4N3OS. The molecule has 1 aliphatic rings. The molecule has 1 N–H and O–H groups in total. The largest absolute Gasteiger partial charge is 0.350 e. The van der Waals surface area contributed by atoms with Gasteiger partial charge >= 0.3 is 6.03 Å². The minimum atomic E-state index is -1.63. The molecule has 1 heterocycles. The highest BCUT2D eigenvalue weighted by atomic mass is 35.6. The van der Waals surface area contributed by atoms with Crippen molar-refractivity contribution in [2.45, 2.75) is 23.1 Å². The predicted octanol–water partition coefficient (Wildman–Crippen LogP) is 5.04. The molecule has 1 unspecified atom stereocenters. The zero-order valence-corrected chi connectivity index (χ0v) is 15.0. The fourth-order valence-corrected chi connectivity index (χ4v) is 3.30. The molecule has 9 heteroatoms. The Hall–Kier alpha value is -0.0400. The molecule has 0 saturated carbocycles. The van der Waals surface area contributed by atoms with Crippen LogP contribution in [0.25, 0.3) is 0 Å². The standard InChI is InChI=1S/C12H13Cl4N3OS/c1-7(2)10-17-19(21-12(14,15)16)11(20)18(10)9-5-3-4-8(13)6-9/h3-7,10,17H,1-2H3. The summed E-state index contributed by atoms with van der Waals surface area (Å²) in [6.45, 7) is 3.98. The SMILES string of the molecule is CC(C)C1NN(SC(Cl)(Cl)Cl)C(=O)N1c1cccc(Cl)c1. The number of hydrogen-bond acceptors (Lipinski definition) is 3. The fourth-order valence-electron chi connectivity index (χ4n) is 1.96. The van der Waals surface area contributed by atoms with Gasteiger partial charge in [0, 0.05) is 22.7 Å². The Bertz CT molecular complexity index is 537. The summed E-state index contributed by atoms with van der Waals surface area (Å²) in [6.07, 6.45) is -0.254. The van der Waals surface area contributed by atoms with Gasteiger partial charge in [0.15, 0.2) is 0 Å².